The zero-order chi connectivity index (χ0) is 13.7. The average Bonchev–Trinajstić information content (AvgIpc) is 2.35. The van der Waals surface area contributed by atoms with Crippen molar-refractivity contribution in [2.24, 2.45) is 11.7 Å². The van der Waals surface area contributed by atoms with Crippen molar-refractivity contribution in [3.8, 4) is 0 Å². The Kier molecular flexibility index (Phi) is 4.85. The summed E-state index contributed by atoms with van der Waals surface area (Å²) in [5.74, 6) is -0.667. The van der Waals surface area contributed by atoms with Gasteiger partial charge < -0.3 is 16.2 Å². The van der Waals surface area contributed by atoms with Crippen LogP contribution in [-0.2, 0) is 0 Å². The van der Waals surface area contributed by atoms with E-state index >= 15 is 0 Å². The summed E-state index contributed by atoms with van der Waals surface area (Å²) in [7, 11) is 0. The Hall–Kier alpha value is -1.88. The van der Waals surface area contributed by atoms with Crippen molar-refractivity contribution in [3.63, 3.8) is 0 Å². The van der Waals surface area contributed by atoms with E-state index in [1.165, 1.54) is 24.3 Å². The SMILES string of the molecule is CC(C)C(CO)NC(=O)c1ccc(C(N)=O)cc1. The molecule has 5 heteroatoms. The fraction of sp³-hybridized carbons (Fsp3) is 0.385. The second-order valence-corrected chi connectivity index (χ2v) is 4.45. The van der Waals surface area contributed by atoms with Gasteiger partial charge in [0.25, 0.3) is 5.91 Å². The lowest BCUT2D eigenvalue weighted by Gasteiger charge is -2.19. The Morgan fingerprint density at radius 1 is 1.22 bits per heavy atom. The molecule has 1 atom stereocenters. The summed E-state index contributed by atoms with van der Waals surface area (Å²) in [4.78, 5) is 22.7. The number of nitrogens with two attached hydrogens (primary N) is 1. The van der Waals surface area contributed by atoms with E-state index in [1.54, 1.807) is 0 Å². The summed E-state index contributed by atoms with van der Waals surface area (Å²) in [5.41, 5.74) is 5.89. The summed E-state index contributed by atoms with van der Waals surface area (Å²) in [6, 6.07) is 5.78. The lowest BCUT2D eigenvalue weighted by atomic mass is 10.0. The number of amides is 2. The van der Waals surface area contributed by atoms with Crippen LogP contribution in [0.5, 0.6) is 0 Å². The number of hydrogen-bond acceptors (Lipinski definition) is 3. The van der Waals surface area contributed by atoms with Crippen molar-refractivity contribution in [1.29, 1.82) is 0 Å². The molecular weight excluding hydrogens is 232 g/mol. The minimum absolute atomic E-state index is 0.108. The van der Waals surface area contributed by atoms with E-state index in [-0.39, 0.29) is 24.5 Å². The van der Waals surface area contributed by atoms with Gasteiger partial charge in [-0.3, -0.25) is 9.59 Å². The molecule has 1 rings (SSSR count). The van der Waals surface area contributed by atoms with E-state index in [0.29, 0.717) is 11.1 Å². The highest BCUT2D eigenvalue weighted by Gasteiger charge is 2.16. The van der Waals surface area contributed by atoms with Gasteiger partial charge in [0.15, 0.2) is 0 Å². The van der Waals surface area contributed by atoms with Gasteiger partial charge in [-0.1, -0.05) is 13.8 Å². The molecule has 0 bridgehead atoms. The minimum Gasteiger partial charge on any atom is -0.394 e. The van der Waals surface area contributed by atoms with Crippen LogP contribution in [0.3, 0.4) is 0 Å². The quantitative estimate of drug-likeness (QED) is 0.711. The number of benzene rings is 1. The van der Waals surface area contributed by atoms with E-state index in [9.17, 15) is 9.59 Å². The monoisotopic (exact) mass is 250 g/mol. The molecule has 0 aliphatic heterocycles. The fourth-order valence-electron chi connectivity index (χ4n) is 1.46. The van der Waals surface area contributed by atoms with Crippen molar-refractivity contribution in [1.82, 2.24) is 5.32 Å². The maximum absolute atomic E-state index is 11.9. The summed E-state index contributed by atoms with van der Waals surface area (Å²) in [6.45, 7) is 3.72. The van der Waals surface area contributed by atoms with Crippen molar-refractivity contribution in [2.75, 3.05) is 6.61 Å². The highest BCUT2D eigenvalue weighted by atomic mass is 16.3. The number of rotatable bonds is 5. The molecule has 18 heavy (non-hydrogen) atoms. The van der Waals surface area contributed by atoms with Crippen LogP contribution in [-0.4, -0.2) is 29.6 Å². The molecule has 1 aromatic carbocycles. The van der Waals surface area contributed by atoms with Crippen molar-refractivity contribution in [2.45, 2.75) is 19.9 Å². The van der Waals surface area contributed by atoms with Gasteiger partial charge in [-0.2, -0.15) is 0 Å². The molecule has 0 aliphatic rings. The fourth-order valence-corrected chi connectivity index (χ4v) is 1.46. The number of hydrogen-bond donors (Lipinski definition) is 3. The third-order valence-corrected chi connectivity index (χ3v) is 2.75. The van der Waals surface area contributed by atoms with Gasteiger partial charge in [0.2, 0.25) is 5.91 Å². The van der Waals surface area contributed by atoms with E-state index in [0.717, 1.165) is 0 Å². The van der Waals surface area contributed by atoms with Gasteiger partial charge in [0.05, 0.1) is 12.6 Å². The lowest BCUT2D eigenvalue weighted by molar-refractivity contribution is 0.0895. The molecule has 0 aliphatic carbocycles. The van der Waals surface area contributed by atoms with Gasteiger partial charge in [0.1, 0.15) is 0 Å². The third kappa shape index (κ3) is 3.56. The van der Waals surface area contributed by atoms with Crippen molar-refractivity contribution in [3.05, 3.63) is 35.4 Å². The first kappa shape index (κ1) is 14.2. The molecule has 0 radical (unpaired) electrons. The molecule has 1 unspecified atom stereocenters. The topological polar surface area (TPSA) is 92.4 Å². The van der Waals surface area contributed by atoms with E-state index in [2.05, 4.69) is 5.32 Å². The number of carbonyl (C=O) groups is 2. The van der Waals surface area contributed by atoms with Crippen LogP contribution in [0.2, 0.25) is 0 Å². The maximum atomic E-state index is 11.9. The Labute approximate surface area is 106 Å². The second kappa shape index (κ2) is 6.16. The summed E-state index contributed by atoms with van der Waals surface area (Å²) in [5, 5.41) is 11.9. The molecule has 1 aromatic rings. The van der Waals surface area contributed by atoms with Gasteiger partial charge >= 0.3 is 0 Å². The van der Waals surface area contributed by atoms with Crippen LogP contribution >= 0.6 is 0 Å². The summed E-state index contributed by atoms with van der Waals surface area (Å²) in [6.07, 6.45) is 0. The first-order chi connectivity index (χ1) is 8.45. The summed E-state index contributed by atoms with van der Waals surface area (Å²) < 4.78 is 0. The van der Waals surface area contributed by atoms with Crippen molar-refractivity contribution < 1.29 is 14.7 Å². The highest BCUT2D eigenvalue weighted by Crippen LogP contribution is 2.06. The van der Waals surface area contributed by atoms with E-state index < -0.39 is 5.91 Å². The van der Waals surface area contributed by atoms with Crippen LogP contribution in [0.1, 0.15) is 34.6 Å². The number of aliphatic hydroxyl groups is 1. The smallest absolute Gasteiger partial charge is 0.251 e. The average molecular weight is 250 g/mol. The van der Waals surface area contributed by atoms with Gasteiger partial charge in [0, 0.05) is 11.1 Å². The standard InChI is InChI=1S/C13H18N2O3/c1-8(2)11(7-16)15-13(18)10-5-3-9(4-6-10)12(14)17/h3-6,8,11,16H,7H2,1-2H3,(H2,14,17)(H,15,18). The van der Waals surface area contributed by atoms with E-state index in [4.69, 9.17) is 10.8 Å². The molecule has 0 saturated heterocycles. The number of nitrogens with one attached hydrogen (secondary N) is 1. The lowest BCUT2D eigenvalue weighted by Crippen LogP contribution is -2.41. The molecule has 0 fully saturated rings. The predicted octanol–water partition coefficient (Wildman–Crippen LogP) is 0.532. The predicted molar refractivity (Wildman–Crippen MR) is 68.1 cm³/mol. The molecule has 0 saturated carbocycles. The normalized spacial score (nSPS) is 12.2. The van der Waals surface area contributed by atoms with Crippen LogP contribution in [0.25, 0.3) is 0 Å². The van der Waals surface area contributed by atoms with Gasteiger partial charge in [-0.15, -0.1) is 0 Å². The molecule has 2 amide bonds. The molecule has 98 valence electrons. The summed E-state index contributed by atoms with van der Waals surface area (Å²) >= 11 is 0. The molecule has 0 aromatic heterocycles. The first-order valence-electron chi connectivity index (χ1n) is 5.77. The Morgan fingerprint density at radius 2 is 1.72 bits per heavy atom. The first-order valence-corrected chi connectivity index (χ1v) is 5.77. The van der Waals surface area contributed by atoms with Crippen LogP contribution in [0.15, 0.2) is 24.3 Å². The Morgan fingerprint density at radius 3 is 2.11 bits per heavy atom. The minimum atomic E-state index is -0.530. The number of aliphatic hydroxyl groups excluding tert-OH is 1. The molecule has 0 heterocycles. The van der Waals surface area contributed by atoms with E-state index in [1.807, 2.05) is 13.8 Å². The Balaban J connectivity index is 2.75. The molecule has 5 nitrogen and oxygen atoms in total. The van der Waals surface area contributed by atoms with Crippen LogP contribution in [0.4, 0.5) is 0 Å². The van der Waals surface area contributed by atoms with Gasteiger partial charge in [-0.05, 0) is 30.2 Å². The van der Waals surface area contributed by atoms with Gasteiger partial charge in [-0.25, -0.2) is 0 Å². The second-order valence-electron chi connectivity index (χ2n) is 4.45. The Bertz CT molecular complexity index is 426. The maximum Gasteiger partial charge on any atom is 0.251 e. The number of carbonyl (C=O) groups excluding carboxylic acids is 2. The number of primary amides is 1. The molecule has 0 spiro atoms. The largest absolute Gasteiger partial charge is 0.394 e. The zero-order valence-electron chi connectivity index (χ0n) is 10.5. The van der Waals surface area contributed by atoms with Crippen LogP contribution in [0, 0.1) is 5.92 Å². The molecular formula is C13H18N2O3. The zero-order valence-corrected chi connectivity index (χ0v) is 10.5. The van der Waals surface area contributed by atoms with Crippen molar-refractivity contribution >= 4 is 11.8 Å². The highest BCUT2D eigenvalue weighted by molar-refractivity contribution is 5.97. The molecule has 4 N–H and O–H groups in total. The third-order valence-electron chi connectivity index (χ3n) is 2.75. The van der Waals surface area contributed by atoms with Crippen LogP contribution < -0.4 is 11.1 Å².